The van der Waals surface area contributed by atoms with Gasteiger partial charge in [0.2, 0.25) is 0 Å². The van der Waals surface area contributed by atoms with E-state index in [4.69, 9.17) is 4.74 Å². The lowest BCUT2D eigenvalue weighted by atomic mass is 9.88. The molecule has 1 aromatic rings. The molecule has 0 bridgehead atoms. The first-order chi connectivity index (χ1) is 8.76. The number of hydrogen-bond donors (Lipinski definition) is 0. The van der Waals surface area contributed by atoms with Crippen LogP contribution >= 0.6 is 0 Å². The number of methoxy groups -OCH3 is 1. The summed E-state index contributed by atoms with van der Waals surface area (Å²) < 4.78 is 5.31. The van der Waals surface area contributed by atoms with Crippen molar-refractivity contribution in [2.45, 2.75) is 52.4 Å². The Balaban J connectivity index is 2.93. The molecule has 1 aromatic carbocycles. The van der Waals surface area contributed by atoms with Crippen molar-refractivity contribution < 1.29 is 4.74 Å². The number of rotatable bonds is 7. The van der Waals surface area contributed by atoms with Gasteiger partial charge in [-0.2, -0.15) is 0 Å². The summed E-state index contributed by atoms with van der Waals surface area (Å²) in [5.41, 5.74) is 2.91. The molecule has 100 valence electrons. The molecule has 0 saturated carbocycles. The van der Waals surface area contributed by atoms with Crippen LogP contribution in [0.25, 0.3) is 0 Å². The van der Waals surface area contributed by atoms with E-state index in [-0.39, 0.29) is 0 Å². The largest absolute Gasteiger partial charge is 0.497 e. The SMILES string of the molecule is CC/C=C\CC(CC)c1ccc(OC)cc1CC. The van der Waals surface area contributed by atoms with Crippen LogP contribution in [-0.4, -0.2) is 7.11 Å². The molecule has 0 N–H and O–H groups in total. The monoisotopic (exact) mass is 246 g/mol. The van der Waals surface area contributed by atoms with Crippen LogP contribution in [0.1, 0.15) is 57.1 Å². The molecule has 1 nitrogen and oxygen atoms in total. The van der Waals surface area contributed by atoms with Crippen molar-refractivity contribution in [1.29, 1.82) is 0 Å². The van der Waals surface area contributed by atoms with E-state index in [1.165, 1.54) is 17.5 Å². The highest BCUT2D eigenvalue weighted by atomic mass is 16.5. The van der Waals surface area contributed by atoms with Gasteiger partial charge in [0.15, 0.2) is 0 Å². The van der Waals surface area contributed by atoms with Crippen LogP contribution in [0.2, 0.25) is 0 Å². The van der Waals surface area contributed by atoms with Gasteiger partial charge >= 0.3 is 0 Å². The second-order valence-electron chi connectivity index (χ2n) is 4.64. The van der Waals surface area contributed by atoms with E-state index >= 15 is 0 Å². The number of benzene rings is 1. The molecular formula is C17H26O. The maximum atomic E-state index is 5.31. The molecule has 1 atom stereocenters. The number of aryl methyl sites for hydroxylation is 1. The third-order valence-corrected chi connectivity index (χ3v) is 3.49. The lowest BCUT2D eigenvalue weighted by molar-refractivity contribution is 0.414. The Morgan fingerprint density at radius 1 is 1.17 bits per heavy atom. The fourth-order valence-electron chi connectivity index (χ4n) is 2.35. The van der Waals surface area contributed by atoms with Gasteiger partial charge in [-0.15, -0.1) is 0 Å². The van der Waals surface area contributed by atoms with Crippen molar-refractivity contribution >= 4 is 0 Å². The number of hydrogen-bond acceptors (Lipinski definition) is 1. The van der Waals surface area contributed by atoms with Gasteiger partial charge in [0.25, 0.3) is 0 Å². The highest BCUT2D eigenvalue weighted by Gasteiger charge is 2.12. The van der Waals surface area contributed by atoms with Crippen LogP contribution in [0.4, 0.5) is 0 Å². The van der Waals surface area contributed by atoms with E-state index in [0.29, 0.717) is 5.92 Å². The Bertz CT molecular complexity index is 379. The normalized spacial score (nSPS) is 12.9. The molecule has 1 unspecified atom stereocenters. The van der Waals surface area contributed by atoms with Crippen molar-refractivity contribution in [1.82, 2.24) is 0 Å². The van der Waals surface area contributed by atoms with Crippen LogP contribution in [-0.2, 0) is 6.42 Å². The molecule has 18 heavy (non-hydrogen) atoms. The minimum absolute atomic E-state index is 0.633. The summed E-state index contributed by atoms with van der Waals surface area (Å²) >= 11 is 0. The molecule has 0 amide bonds. The fraction of sp³-hybridized carbons (Fsp3) is 0.529. The van der Waals surface area contributed by atoms with Crippen molar-refractivity contribution in [2.24, 2.45) is 0 Å². The molecule has 1 heteroatoms. The summed E-state index contributed by atoms with van der Waals surface area (Å²) in [7, 11) is 1.73. The summed E-state index contributed by atoms with van der Waals surface area (Å²) in [6.07, 6.45) is 9.10. The zero-order valence-corrected chi connectivity index (χ0v) is 12.2. The molecule has 0 aromatic heterocycles. The van der Waals surface area contributed by atoms with E-state index in [9.17, 15) is 0 Å². The third kappa shape index (κ3) is 3.90. The van der Waals surface area contributed by atoms with Crippen molar-refractivity contribution in [3.63, 3.8) is 0 Å². The van der Waals surface area contributed by atoms with Gasteiger partial charge in [-0.25, -0.2) is 0 Å². The number of allylic oxidation sites excluding steroid dienone is 2. The molecule has 0 radical (unpaired) electrons. The predicted molar refractivity (Wildman–Crippen MR) is 79.5 cm³/mol. The van der Waals surface area contributed by atoms with Crippen molar-refractivity contribution in [3.05, 3.63) is 41.5 Å². The summed E-state index contributed by atoms with van der Waals surface area (Å²) in [5.74, 6) is 1.60. The molecule has 0 heterocycles. The Kier molecular flexibility index (Phi) is 6.56. The van der Waals surface area contributed by atoms with E-state index in [0.717, 1.165) is 25.0 Å². The highest BCUT2D eigenvalue weighted by molar-refractivity contribution is 5.38. The maximum absolute atomic E-state index is 5.31. The summed E-state index contributed by atoms with van der Waals surface area (Å²) in [5, 5.41) is 0. The molecular weight excluding hydrogens is 220 g/mol. The second-order valence-corrected chi connectivity index (χ2v) is 4.64. The summed E-state index contributed by atoms with van der Waals surface area (Å²) in [6.45, 7) is 6.67. The molecule has 0 saturated heterocycles. The van der Waals surface area contributed by atoms with Crippen LogP contribution in [0.15, 0.2) is 30.4 Å². The Labute approximate surface area is 112 Å². The average molecular weight is 246 g/mol. The van der Waals surface area contributed by atoms with Crippen LogP contribution in [0.3, 0.4) is 0 Å². The van der Waals surface area contributed by atoms with Gasteiger partial charge in [-0.1, -0.05) is 39.0 Å². The van der Waals surface area contributed by atoms with Crippen LogP contribution < -0.4 is 4.74 Å². The zero-order valence-electron chi connectivity index (χ0n) is 12.2. The molecule has 0 aliphatic carbocycles. The molecule has 1 rings (SSSR count). The fourth-order valence-corrected chi connectivity index (χ4v) is 2.35. The first-order valence-electron chi connectivity index (χ1n) is 7.08. The minimum atomic E-state index is 0.633. The number of ether oxygens (including phenoxy) is 1. The summed E-state index contributed by atoms with van der Waals surface area (Å²) in [4.78, 5) is 0. The van der Waals surface area contributed by atoms with Gasteiger partial charge in [-0.3, -0.25) is 0 Å². The van der Waals surface area contributed by atoms with E-state index in [1.807, 2.05) is 0 Å². The smallest absolute Gasteiger partial charge is 0.119 e. The van der Waals surface area contributed by atoms with Gasteiger partial charge in [-0.05, 0) is 54.9 Å². The van der Waals surface area contributed by atoms with Crippen LogP contribution in [0.5, 0.6) is 5.75 Å². The van der Waals surface area contributed by atoms with Gasteiger partial charge in [0.1, 0.15) is 5.75 Å². The van der Waals surface area contributed by atoms with Gasteiger partial charge < -0.3 is 4.74 Å². The first-order valence-corrected chi connectivity index (χ1v) is 7.08. The van der Waals surface area contributed by atoms with Crippen molar-refractivity contribution in [3.8, 4) is 5.75 Å². The van der Waals surface area contributed by atoms with Crippen LogP contribution in [0, 0.1) is 0 Å². The quantitative estimate of drug-likeness (QED) is 0.608. The summed E-state index contributed by atoms with van der Waals surface area (Å²) in [6, 6.07) is 6.51. The second kappa shape index (κ2) is 7.97. The average Bonchev–Trinajstić information content (AvgIpc) is 2.43. The Hall–Kier alpha value is -1.24. The molecule has 0 fully saturated rings. The predicted octanol–water partition coefficient (Wildman–Crippen LogP) is 5.11. The molecule has 0 aliphatic rings. The molecule has 0 aliphatic heterocycles. The lowest BCUT2D eigenvalue weighted by Crippen LogP contribution is -2.01. The Morgan fingerprint density at radius 3 is 2.50 bits per heavy atom. The maximum Gasteiger partial charge on any atom is 0.119 e. The van der Waals surface area contributed by atoms with E-state index in [2.05, 4.69) is 51.1 Å². The minimum Gasteiger partial charge on any atom is -0.497 e. The third-order valence-electron chi connectivity index (χ3n) is 3.49. The Morgan fingerprint density at radius 2 is 1.94 bits per heavy atom. The van der Waals surface area contributed by atoms with Crippen molar-refractivity contribution in [2.75, 3.05) is 7.11 Å². The topological polar surface area (TPSA) is 9.23 Å². The zero-order chi connectivity index (χ0) is 13.4. The first kappa shape index (κ1) is 14.8. The standard InChI is InChI=1S/C17H26O/c1-5-8-9-10-14(6-2)17-12-11-16(18-4)13-15(17)7-3/h8-9,11-14H,5-7,10H2,1-4H3/b9-8-. The van der Waals surface area contributed by atoms with E-state index in [1.54, 1.807) is 7.11 Å². The van der Waals surface area contributed by atoms with Gasteiger partial charge in [0.05, 0.1) is 7.11 Å². The lowest BCUT2D eigenvalue weighted by Gasteiger charge is -2.18. The molecule has 0 spiro atoms. The van der Waals surface area contributed by atoms with Gasteiger partial charge in [0, 0.05) is 0 Å². The highest BCUT2D eigenvalue weighted by Crippen LogP contribution is 2.30. The van der Waals surface area contributed by atoms with E-state index < -0.39 is 0 Å².